The smallest absolute Gasteiger partial charge is 0.143 e. The number of imidazole rings is 1. The molecule has 0 fully saturated rings. The van der Waals surface area contributed by atoms with Crippen LogP contribution in [-0.2, 0) is 6.54 Å². The first-order valence-corrected chi connectivity index (χ1v) is 6.55. The molecule has 5 nitrogen and oxygen atoms in total. The van der Waals surface area contributed by atoms with Gasteiger partial charge in [0.2, 0.25) is 0 Å². The van der Waals surface area contributed by atoms with Crippen molar-refractivity contribution in [3.05, 3.63) is 60.0 Å². The summed E-state index contributed by atoms with van der Waals surface area (Å²) in [5.74, 6) is 0.651. The van der Waals surface area contributed by atoms with Crippen LogP contribution in [0.5, 0.6) is 5.75 Å². The molecule has 2 aromatic heterocycles. The van der Waals surface area contributed by atoms with E-state index < -0.39 is 0 Å². The molecule has 3 aromatic rings. The van der Waals surface area contributed by atoms with Crippen LogP contribution in [0.4, 0.5) is 5.69 Å². The molecule has 0 bridgehead atoms. The fourth-order valence-corrected chi connectivity index (χ4v) is 2.16. The van der Waals surface area contributed by atoms with Gasteiger partial charge in [0.05, 0.1) is 36.7 Å². The average molecular weight is 278 g/mol. The van der Waals surface area contributed by atoms with Crippen molar-refractivity contribution >= 4 is 11.3 Å². The summed E-state index contributed by atoms with van der Waals surface area (Å²) >= 11 is 0. The number of aromatic nitrogens is 2. The molecular weight excluding hydrogens is 264 g/mol. The van der Waals surface area contributed by atoms with Crippen LogP contribution in [-0.4, -0.2) is 16.5 Å². The standard InChI is InChI=1S/C16H14N4O/c1-21-15-8-12(9-17)5-6-14(15)18-10-13-11-20-7-3-2-4-16(20)19-13/h2-8,11,18H,10H2,1H3. The third kappa shape index (κ3) is 2.65. The van der Waals surface area contributed by atoms with Gasteiger partial charge in [0.25, 0.3) is 0 Å². The number of fused-ring (bicyclic) bond motifs is 1. The maximum absolute atomic E-state index is 8.90. The number of ether oxygens (including phenoxy) is 1. The average Bonchev–Trinajstić information content (AvgIpc) is 2.95. The van der Waals surface area contributed by atoms with Crippen LogP contribution in [0.2, 0.25) is 0 Å². The van der Waals surface area contributed by atoms with Crippen LogP contribution in [0.25, 0.3) is 5.65 Å². The van der Waals surface area contributed by atoms with Gasteiger partial charge in [0.15, 0.2) is 0 Å². The SMILES string of the molecule is COc1cc(C#N)ccc1NCc1cn2ccccc2n1. The van der Waals surface area contributed by atoms with Crippen molar-refractivity contribution in [3.63, 3.8) is 0 Å². The van der Waals surface area contributed by atoms with E-state index in [-0.39, 0.29) is 0 Å². The van der Waals surface area contributed by atoms with Crippen molar-refractivity contribution in [1.82, 2.24) is 9.38 Å². The van der Waals surface area contributed by atoms with Crippen molar-refractivity contribution in [2.24, 2.45) is 0 Å². The first-order chi connectivity index (χ1) is 10.3. The topological polar surface area (TPSA) is 62.3 Å². The minimum absolute atomic E-state index is 0.574. The fourth-order valence-electron chi connectivity index (χ4n) is 2.16. The van der Waals surface area contributed by atoms with Crippen molar-refractivity contribution in [3.8, 4) is 11.8 Å². The molecule has 0 aliphatic rings. The van der Waals surface area contributed by atoms with Crippen molar-refractivity contribution in [2.75, 3.05) is 12.4 Å². The molecule has 0 saturated carbocycles. The number of nitrogens with one attached hydrogen (secondary N) is 1. The number of hydrogen-bond acceptors (Lipinski definition) is 4. The van der Waals surface area contributed by atoms with Crippen LogP contribution < -0.4 is 10.1 Å². The zero-order valence-corrected chi connectivity index (χ0v) is 11.6. The first-order valence-electron chi connectivity index (χ1n) is 6.55. The summed E-state index contributed by atoms with van der Waals surface area (Å²) < 4.78 is 7.28. The molecule has 0 amide bonds. The van der Waals surface area contributed by atoms with Crippen molar-refractivity contribution in [1.29, 1.82) is 5.26 Å². The quantitative estimate of drug-likeness (QED) is 0.797. The van der Waals surface area contributed by atoms with Gasteiger partial charge >= 0.3 is 0 Å². The Morgan fingerprint density at radius 2 is 2.24 bits per heavy atom. The highest BCUT2D eigenvalue weighted by atomic mass is 16.5. The van der Waals surface area contributed by atoms with Gasteiger partial charge in [0, 0.05) is 18.5 Å². The second-order valence-corrected chi connectivity index (χ2v) is 4.58. The Kier molecular flexibility index (Phi) is 3.44. The van der Waals surface area contributed by atoms with Crippen LogP contribution in [0.3, 0.4) is 0 Å². The van der Waals surface area contributed by atoms with Gasteiger partial charge in [-0.25, -0.2) is 4.98 Å². The summed E-state index contributed by atoms with van der Waals surface area (Å²) in [5.41, 5.74) is 3.27. The Balaban J connectivity index is 1.79. The molecule has 0 saturated heterocycles. The van der Waals surface area contributed by atoms with Crippen LogP contribution in [0.15, 0.2) is 48.8 Å². The van der Waals surface area contributed by atoms with Gasteiger partial charge in [-0.2, -0.15) is 5.26 Å². The maximum Gasteiger partial charge on any atom is 0.143 e. The summed E-state index contributed by atoms with van der Waals surface area (Å²) in [6, 6.07) is 13.3. The fraction of sp³-hybridized carbons (Fsp3) is 0.125. The molecule has 0 aliphatic heterocycles. The molecule has 5 heteroatoms. The second kappa shape index (κ2) is 5.55. The van der Waals surface area contributed by atoms with E-state index in [2.05, 4.69) is 16.4 Å². The summed E-state index contributed by atoms with van der Waals surface area (Å²) in [7, 11) is 1.59. The number of rotatable bonds is 4. The molecule has 0 unspecified atom stereocenters. The van der Waals surface area contributed by atoms with Gasteiger partial charge in [-0.05, 0) is 24.3 Å². The van der Waals surface area contributed by atoms with Crippen LogP contribution in [0.1, 0.15) is 11.3 Å². The van der Waals surface area contributed by atoms with E-state index in [1.165, 1.54) is 0 Å². The van der Waals surface area contributed by atoms with Crippen molar-refractivity contribution in [2.45, 2.75) is 6.54 Å². The monoisotopic (exact) mass is 278 g/mol. The van der Waals surface area contributed by atoms with E-state index in [9.17, 15) is 0 Å². The summed E-state index contributed by atoms with van der Waals surface area (Å²) in [5, 5.41) is 12.2. The normalized spacial score (nSPS) is 10.3. The Hall–Kier alpha value is -3.00. The number of methoxy groups -OCH3 is 1. The van der Waals surface area contributed by atoms with Crippen molar-refractivity contribution < 1.29 is 4.74 Å². The molecule has 3 rings (SSSR count). The molecule has 21 heavy (non-hydrogen) atoms. The van der Waals surface area contributed by atoms with E-state index >= 15 is 0 Å². The van der Waals surface area contributed by atoms with Gasteiger partial charge in [-0.3, -0.25) is 0 Å². The largest absolute Gasteiger partial charge is 0.495 e. The molecule has 1 aromatic carbocycles. The van der Waals surface area contributed by atoms with E-state index in [0.717, 1.165) is 17.0 Å². The van der Waals surface area contributed by atoms with E-state index in [4.69, 9.17) is 10.00 Å². The molecule has 0 aliphatic carbocycles. The number of hydrogen-bond donors (Lipinski definition) is 1. The van der Waals surface area contributed by atoms with E-state index in [1.54, 1.807) is 19.2 Å². The molecule has 104 valence electrons. The first kappa shape index (κ1) is 13.0. The Morgan fingerprint density at radius 1 is 1.33 bits per heavy atom. The minimum Gasteiger partial charge on any atom is -0.495 e. The van der Waals surface area contributed by atoms with E-state index in [1.807, 2.05) is 41.1 Å². The molecule has 2 heterocycles. The third-order valence-electron chi connectivity index (χ3n) is 3.20. The van der Waals surface area contributed by atoms with Gasteiger partial charge < -0.3 is 14.5 Å². The molecular formula is C16H14N4O. The second-order valence-electron chi connectivity index (χ2n) is 4.58. The summed E-state index contributed by atoms with van der Waals surface area (Å²) in [4.78, 5) is 4.52. The third-order valence-corrected chi connectivity index (χ3v) is 3.20. The van der Waals surface area contributed by atoms with Crippen LogP contribution >= 0.6 is 0 Å². The molecule has 1 N–H and O–H groups in total. The lowest BCUT2D eigenvalue weighted by Crippen LogP contribution is -2.01. The number of pyridine rings is 1. The predicted octanol–water partition coefficient (Wildman–Crippen LogP) is 2.83. The Bertz CT molecular complexity index is 784. The van der Waals surface area contributed by atoms with E-state index in [0.29, 0.717) is 17.9 Å². The lowest BCUT2D eigenvalue weighted by molar-refractivity contribution is 0.416. The predicted molar refractivity (Wildman–Crippen MR) is 80.2 cm³/mol. The number of nitriles is 1. The minimum atomic E-state index is 0.574. The highest BCUT2D eigenvalue weighted by Crippen LogP contribution is 2.25. The number of anilines is 1. The highest BCUT2D eigenvalue weighted by molar-refractivity contribution is 5.59. The Morgan fingerprint density at radius 3 is 3.00 bits per heavy atom. The van der Waals surface area contributed by atoms with Gasteiger partial charge in [-0.15, -0.1) is 0 Å². The lowest BCUT2D eigenvalue weighted by atomic mass is 10.2. The molecule has 0 radical (unpaired) electrons. The molecule has 0 atom stereocenters. The zero-order valence-electron chi connectivity index (χ0n) is 11.6. The van der Waals surface area contributed by atoms with Gasteiger partial charge in [-0.1, -0.05) is 6.07 Å². The summed E-state index contributed by atoms with van der Waals surface area (Å²) in [6.45, 7) is 0.587. The zero-order chi connectivity index (χ0) is 14.7. The summed E-state index contributed by atoms with van der Waals surface area (Å²) in [6.07, 6.45) is 3.95. The van der Waals surface area contributed by atoms with Crippen LogP contribution in [0, 0.1) is 11.3 Å². The lowest BCUT2D eigenvalue weighted by Gasteiger charge is -2.10. The number of benzene rings is 1. The maximum atomic E-state index is 8.90. The Labute approximate surface area is 122 Å². The highest BCUT2D eigenvalue weighted by Gasteiger charge is 2.06. The van der Waals surface area contributed by atoms with Gasteiger partial charge in [0.1, 0.15) is 11.4 Å². The molecule has 0 spiro atoms. The number of nitrogens with zero attached hydrogens (tertiary/aromatic N) is 3.